The van der Waals surface area contributed by atoms with Gasteiger partial charge in [-0.3, -0.25) is 4.79 Å². The van der Waals surface area contributed by atoms with E-state index in [0.717, 1.165) is 36.4 Å². The molecular weight excluding hydrogens is 424 g/mol. The minimum Gasteiger partial charge on any atom is -0.497 e. The molecule has 2 aromatic rings. The predicted octanol–water partition coefficient (Wildman–Crippen LogP) is 4.89. The Hall–Kier alpha value is -2.96. The van der Waals surface area contributed by atoms with Crippen LogP contribution in [0.4, 0.5) is 11.4 Å². The fourth-order valence-electron chi connectivity index (χ4n) is 2.62. The first kappa shape index (κ1) is 27.1. The maximum atomic E-state index is 12.6. The van der Waals surface area contributed by atoms with Crippen molar-refractivity contribution >= 4 is 28.9 Å². The van der Waals surface area contributed by atoms with E-state index in [1.165, 1.54) is 0 Å². The molecule has 174 valence electrons. The molecule has 6 nitrogen and oxygen atoms in total. The van der Waals surface area contributed by atoms with Crippen molar-refractivity contribution in [2.45, 2.75) is 26.2 Å². The lowest BCUT2D eigenvalue weighted by molar-refractivity contribution is -0.112. The van der Waals surface area contributed by atoms with E-state index in [-0.39, 0.29) is 16.6 Å². The molecule has 2 aromatic carbocycles. The molecule has 1 amide bonds. The van der Waals surface area contributed by atoms with Crippen LogP contribution < -0.4 is 26.4 Å². The standard InChI is InChI=1S/C23H28ClN3O2.C2H7N/c1-3-4-16-26-18-10-12-19(13-11-18)27-23(28)21(22(24)25)7-5-6-17-8-14-20(29-2)15-9-17;1-3-2/h5,7-15,26H,3-4,6,16,25H2,1-2H3,(H,27,28);3H,1-2H3/b7-5-,22-21+;. The molecule has 0 aliphatic rings. The van der Waals surface area contributed by atoms with Crippen molar-refractivity contribution < 1.29 is 9.53 Å². The number of carbonyl (C=O) groups excluding carboxylic acids is 1. The van der Waals surface area contributed by atoms with Crippen LogP contribution in [0.25, 0.3) is 0 Å². The lowest BCUT2D eigenvalue weighted by Crippen LogP contribution is -2.16. The largest absolute Gasteiger partial charge is 0.497 e. The second kappa shape index (κ2) is 15.8. The third-order valence-electron chi connectivity index (χ3n) is 4.30. The molecule has 0 atom stereocenters. The number of anilines is 2. The van der Waals surface area contributed by atoms with Gasteiger partial charge < -0.3 is 26.4 Å². The van der Waals surface area contributed by atoms with Crippen LogP contribution >= 0.6 is 11.6 Å². The van der Waals surface area contributed by atoms with E-state index in [2.05, 4.69) is 22.9 Å². The number of methoxy groups -OCH3 is 1. The van der Waals surface area contributed by atoms with Gasteiger partial charge >= 0.3 is 0 Å². The van der Waals surface area contributed by atoms with Gasteiger partial charge in [0.05, 0.1) is 12.7 Å². The monoisotopic (exact) mass is 458 g/mol. The van der Waals surface area contributed by atoms with Gasteiger partial charge in [-0.25, -0.2) is 0 Å². The highest BCUT2D eigenvalue weighted by molar-refractivity contribution is 6.32. The van der Waals surface area contributed by atoms with E-state index in [4.69, 9.17) is 22.1 Å². The molecule has 0 radical (unpaired) electrons. The highest BCUT2D eigenvalue weighted by atomic mass is 35.5. The van der Waals surface area contributed by atoms with Gasteiger partial charge in [-0.2, -0.15) is 0 Å². The number of halogens is 1. The fraction of sp³-hybridized carbons (Fsp3) is 0.320. The number of allylic oxidation sites excluding steroid dienone is 1. The summed E-state index contributed by atoms with van der Waals surface area (Å²) in [5.41, 5.74) is 8.71. The Morgan fingerprint density at radius 3 is 2.19 bits per heavy atom. The maximum absolute atomic E-state index is 12.6. The Morgan fingerprint density at radius 1 is 1.06 bits per heavy atom. The van der Waals surface area contributed by atoms with Crippen molar-refractivity contribution in [3.05, 3.63) is 77.0 Å². The topological polar surface area (TPSA) is 88.4 Å². The Bertz CT molecular complexity index is 859. The van der Waals surface area contributed by atoms with Crippen LogP contribution in [0.3, 0.4) is 0 Å². The average Bonchev–Trinajstić information content (AvgIpc) is 2.78. The molecule has 0 saturated carbocycles. The zero-order chi connectivity index (χ0) is 23.8. The summed E-state index contributed by atoms with van der Waals surface area (Å²) in [7, 11) is 5.38. The summed E-state index contributed by atoms with van der Waals surface area (Å²) in [6.45, 7) is 3.08. The molecule has 0 aromatic heterocycles. The summed E-state index contributed by atoms with van der Waals surface area (Å²) in [4.78, 5) is 12.6. The Balaban J connectivity index is 0.00000161. The summed E-state index contributed by atoms with van der Waals surface area (Å²) >= 11 is 5.94. The molecule has 7 heteroatoms. The van der Waals surface area contributed by atoms with Crippen LogP contribution in [-0.2, 0) is 11.2 Å². The van der Waals surface area contributed by atoms with Crippen LogP contribution in [0.5, 0.6) is 5.75 Å². The molecule has 2 rings (SSSR count). The van der Waals surface area contributed by atoms with Crippen molar-refractivity contribution in [1.29, 1.82) is 0 Å². The molecule has 0 aliphatic carbocycles. The number of ether oxygens (including phenoxy) is 1. The Kier molecular flexibility index (Phi) is 13.4. The van der Waals surface area contributed by atoms with Crippen molar-refractivity contribution in [2.24, 2.45) is 5.73 Å². The van der Waals surface area contributed by atoms with Crippen LogP contribution in [-0.4, -0.2) is 33.7 Å². The molecule has 0 heterocycles. The molecule has 0 aliphatic heterocycles. The molecule has 32 heavy (non-hydrogen) atoms. The molecule has 5 N–H and O–H groups in total. The first-order chi connectivity index (χ1) is 15.4. The smallest absolute Gasteiger partial charge is 0.258 e. The van der Waals surface area contributed by atoms with Crippen molar-refractivity contribution in [2.75, 3.05) is 38.4 Å². The number of amides is 1. The van der Waals surface area contributed by atoms with Crippen molar-refractivity contribution in [3.8, 4) is 5.75 Å². The van der Waals surface area contributed by atoms with Gasteiger partial charge in [-0.05, 0) is 68.9 Å². The summed E-state index contributed by atoms with van der Waals surface area (Å²) in [5, 5.41) is 8.86. The van der Waals surface area contributed by atoms with Gasteiger partial charge in [0, 0.05) is 17.9 Å². The molecule has 0 spiro atoms. The molecule has 0 saturated heterocycles. The van der Waals surface area contributed by atoms with E-state index in [9.17, 15) is 4.79 Å². The molecule has 0 bridgehead atoms. The van der Waals surface area contributed by atoms with E-state index >= 15 is 0 Å². The highest BCUT2D eigenvalue weighted by Gasteiger charge is 2.10. The number of hydrogen-bond acceptors (Lipinski definition) is 5. The molecule has 0 unspecified atom stereocenters. The molecule has 0 fully saturated rings. The Labute approximate surface area is 196 Å². The number of carbonyl (C=O) groups is 1. The lowest BCUT2D eigenvalue weighted by Gasteiger charge is -2.09. The predicted molar refractivity (Wildman–Crippen MR) is 136 cm³/mol. The van der Waals surface area contributed by atoms with Gasteiger partial charge in [0.2, 0.25) is 0 Å². The summed E-state index contributed by atoms with van der Waals surface area (Å²) in [6.07, 6.45) is 6.39. The number of benzene rings is 2. The second-order valence-corrected chi connectivity index (χ2v) is 7.44. The van der Waals surface area contributed by atoms with E-state index in [1.807, 2.05) is 68.7 Å². The van der Waals surface area contributed by atoms with Crippen LogP contribution in [0, 0.1) is 0 Å². The van der Waals surface area contributed by atoms with Gasteiger partial charge in [-0.1, -0.05) is 49.2 Å². The summed E-state index contributed by atoms with van der Waals surface area (Å²) in [6, 6.07) is 15.3. The number of rotatable bonds is 10. The zero-order valence-electron chi connectivity index (χ0n) is 19.4. The van der Waals surface area contributed by atoms with Crippen LogP contribution in [0.2, 0.25) is 0 Å². The fourth-order valence-corrected chi connectivity index (χ4v) is 2.77. The maximum Gasteiger partial charge on any atom is 0.258 e. The average molecular weight is 459 g/mol. The minimum atomic E-state index is -0.352. The Morgan fingerprint density at radius 2 is 1.66 bits per heavy atom. The summed E-state index contributed by atoms with van der Waals surface area (Å²) < 4.78 is 5.15. The third kappa shape index (κ3) is 10.4. The third-order valence-corrected chi connectivity index (χ3v) is 4.50. The number of hydrogen-bond donors (Lipinski definition) is 4. The number of nitrogens with one attached hydrogen (secondary N) is 3. The quantitative estimate of drug-likeness (QED) is 0.176. The summed E-state index contributed by atoms with van der Waals surface area (Å²) in [5.74, 6) is 0.449. The highest BCUT2D eigenvalue weighted by Crippen LogP contribution is 2.17. The minimum absolute atomic E-state index is 0.0497. The SMILES string of the molecule is CCCCNc1ccc(NC(=O)C(/C=C\Cc2ccc(OC)cc2)=C(/N)Cl)cc1.CNC. The van der Waals surface area contributed by atoms with Gasteiger partial charge in [-0.15, -0.1) is 0 Å². The van der Waals surface area contributed by atoms with E-state index in [0.29, 0.717) is 12.1 Å². The second-order valence-electron chi connectivity index (χ2n) is 7.03. The normalized spacial score (nSPS) is 11.3. The van der Waals surface area contributed by atoms with Crippen LogP contribution in [0.1, 0.15) is 25.3 Å². The molecular formula is C25H35ClN4O2. The zero-order valence-corrected chi connectivity index (χ0v) is 20.1. The lowest BCUT2D eigenvalue weighted by atomic mass is 10.1. The van der Waals surface area contributed by atoms with E-state index < -0.39 is 0 Å². The van der Waals surface area contributed by atoms with E-state index in [1.54, 1.807) is 13.2 Å². The van der Waals surface area contributed by atoms with Crippen LogP contribution in [0.15, 0.2) is 71.4 Å². The van der Waals surface area contributed by atoms with Gasteiger partial charge in [0.15, 0.2) is 0 Å². The van der Waals surface area contributed by atoms with Gasteiger partial charge in [0.25, 0.3) is 5.91 Å². The van der Waals surface area contributed by atoms with Crippen molar-refractivity contribution in [1.82, 2.24) is 5.32 Å². The van der Waals surface area contributed by atoms with Crippen molar-refractivity contribution in [3.63, 3.8) is 0 Å². The van der Waals surface area contributed by atoms with Gasteiger partial charge in [0.1, 0.15) is 10.9 Å². The first-order valence-electron chi connectivity index (χ1n) is 10.6. The first-order valence-corrected chi connectivity index (χ1v) is 11.0. The number of unbranched alkanes of at least 4 members (excludes halogenated alkanes) is 1. The number of nitrogens with two attached hydrogens (primary N) is 1.